The van der Waals surface area contributed by atoms with E-state index in [1.807, 2.05) is 62.0 Å². The average molecular weight is 444 g/mol. The molecule has 140 valence electrons. The molecule has 0 bridgehead atoms. The van der Waals surface area contributed by atoms with Crippen LogP contribution < -0.4 is 5.32 Å². The molecule has 0 saturated heterocycles. The lowest BCUT2D eigenvalue weighted by molar-refractivity contribution is -0.116. The number of carbonyl (C=O) groups excluding carboxylic acids is 1. The molecule has 0 aliphatic rings. The minimum atomic E-state index is 0.0194. The summed E-state index contributed by atoms with van der Waals surface area (Å²) in [4.78, 5) is 14.6. The summed E-state index contributed by atoms with van der Waals surface area (Å²) in [7, 11) is 1.93. The molecule has 2 aromatic carbocycles. The van der Waals surface area contributed by atoms with Gasteiger partial charge in [0.05, 0.1) is 5.69 Å². The first-order valence-corrected chi connectivity index (χ1v) is 10.4. The molecule has 27 heavy (non-hydrogen) atoms. The number of benzene rings is 2. The lowest BCUT2D eigenvalue weighted by atomic mass is 10.1. The lowest BCUT2D eigenvalue weighted by Crippen LogP contribution is -2.12. The van der Waals surface area contributed by atoms with Gasteiger partial charge in [0.15, 0.2) is 0 Å². The molecule has 0 aliphatic carbocycles. The van der Waals surface area contributed by atoms with Crippen LogP contribution in [0.1, 0.15) is 23.4 Å². The Labute approximate surface area is 172 Å². The third kappa shape index (κ3) is 5.23. The first kappa shape index (κ1) is 19.7. The Balaban J connectivity index is 1.54. The highest BCUT2D eigenvalue weighted by Crippen LogP contribution is 2.29. The van der Waals surface area contributed by atoms with Crippen LogP contribution >= 0.6 is 27.7 Å². The quantitative estimate of drug-likeness (QED) is 0.545. The first-order valence-electron chi connectivity index (χ1n) is 8.75. The van der Waals surface area contributed by atoms with Gasteiger partial charge >= 0.3 is 0 Å². The molecule has 1 heterocycles. The summed E-state index contributed by atoms with van der Waals surface area (Å²) in [5.41, 5.74) is 4.10. The van der Waals surface area contributed by atoms with Crippen molar-refractivity contribution in [2.24, 2.45) is 7.05 Å². The highest BCUT2D eigenvalue weighted by Gasteiger charge is 2.11. The molecular weight excluding hydrogens is 422 g/mol. The monoisotopic (exact) mass is 443 g/mol. The van der Waals surface area contributed by atoms with Crippen molar-refractivity contribution in [2.45, 2.75) is 36.5 Å². The number of rotatable bonds is 6. The predicted octanol–water partition coefficient (Wildman–Crippen LogP) is 5.52. The van der Waals surface area contributed by atoms with Gasteiger partial charge in [-0.2, -0.15) is 5.10 Å². The highest BCUT2D eigenvalue weighted by atomic mass is 79.9. The number of aromatic nitrogens is 2. The standard InChI is InChI=1S/C21H22BrN3OS/c1-14-20(15(2)25(3)24-14)12-13-21(26)23-17-6-10-19(11-7-17)27-18-8-4-16(22)5-9-18/h4-11H,12-13H2,1-3H3,(H,23,26). The highest BCUT2D eigenvalue weighted by molar-refractivity contribution is 9.10. The molecule has 3 rings (SSSR count). The molecule has 0 fully saturated rings. The Kier molecular flexibility index (Phi) is 6.39. The fourth-order valence-corrected chi connectivity index (χ4v) is 3.97. The topological polar surface area (TPSA) is 46.9 Å². The lowest BCUT2D eigenvalue weighted by Gasteiger charge is -2.07. The summed E-state index contributed by atoms with van der Waals surface area (Å²) in [5.74, 6) is 0.0194. The van der Waals surface area contributed by atoms with Gasteiger partial charge in [0, 0.05) is 39.1 Å². The van der Waals surface area contributed by atoms with Gasteiger partial charge in [0.25, 0.3) is 0 Å². The van der Waals surface area contributed by atoms with Crippen molar-refractivity contribution in [3.8, 4) is 0 Å². The van der Waals surface area contributed by atoms with E-state index in [1.54, 1.807) is 11.8 Å². The zero-order chi connectivity index (χ0) is 19.4. The van der Waals surface area contributed by atoms with Crippen molar-refractivity contribution in [2.75, 3.05) is 5.32 Å². The molecule has 0 spiro atoms. The maximum Gasteiger partial charge on any atom is 0.224 e. The molecule has 0 radical (unpaired) electrons. The predicted molar refractivity (Wildman–Crippen MR) is 114 cm³/mol. The van der Waals surface area contributed by atoms with Crippen LogP contribution in [0.4, 0.5) is 5.69 Å². The molecule has 1 N–H and O–H groups in total. The number of amides is 1. The van der Waals surface area contributed by atoms with Gasteiger partial charge in [0.2, 0.25) is 5.91 Å². The van der Waals surface area contributed by atoms with Crippen LogP contribution in [0.5, 0.6) is 0 Å². The van der Waals surface area contributed by atoms with E-state index in [-0.39, 0.29) is 5.91 Å². The van der Waals surface area contributed by atoms with E-state index < -0.39 is 0 Å². The van der Waals surface area contributed by atoms with Crippen LogP contribution in [-0.2, 0) is 18.3 Å². The maximum absolute atomic E-state index is 12.3. The van der Waals surface area contributed by atoms with Crippen LogP contribution in [0.15, 0.2) is 62.8 Å². The van der Waals surface area contributed by atoms with E-state index in [0.717, 1.165) is 32.0 Å². The zero-order valence-corrected chi connectivity index (χ0v) is 18.0. The van der Waals surface area contributed by atoms with Crippen molar-refractivity contribution >= 4 is 39.3 Å². The Morgan fingerprint density at radius 1 is 1.07 bits per heavy atom. The van der Waals surface area contributed by atoms with Gasteiger partial charge in [-0.05, 0) is 74.4 Å². The Morgan fingerprint density at radius 2 is 1.67 bits per heavy atom. The molecule has 1 aromatic heterocycles. The molecule has 1 amide bonds. The van der Waals surface area contributed by atoms with Crippen molar-refractivity contribution < 1.29 is 4.79 Å². The summed E-state index contributed by atoms with van der Waals surface area (Å²) in [6, 6.07) is 16.2. The number of hydrogen-bond acceptors (Lipinski definition) is 3. The fraction of sp³-hybridized carbons (Fsp3) is 0.238. The summed E-state index contributed by atoms with van der Waals surface area (Å²) in [6.45, 7) is 4.02. The third-order valence-corrected chi connectivity index (χ3v) is 5.99. The van der Waals surface area contributed by atoms with Crippen LogP contribution in [0, 0.1) is 13.8 Å². The molecule has 0 atom stereocenters. The number of hydrogen-bond donors (Lipinski definition) is 1. The molecule has 6 heteroatoms. The maximum atomic E-state index is 12.3. The van der Waals surface area contributed by atoms with Crippen LogP contribution in [-0.4, -0.2) is 15.7 Å². The van der Waals surface area contributed by atoms with Crippen molar-refractivity contribution in [3.05, 3.63) is 70.0 Å². The van der Waals surface area contributed by atoms with Gasteiger partial charge in [-0.25, -0.2) is 0 Å². The third-order valence-electron chi connectivity index (χ3n) is 4.45. The minimum absolute atomic E-state index is 0.0194. The smallest absolute Gasteiger partial charge is 0.224 e. The van der Waals surface area contributed by atoms with E-state index in [0.29, 0.717) is 12.8 Å². The summed E-state index contributed by atoms with van der Waals surface area (Å²) < 4.78 is 2.94. The largest absolute Gasteiger partial charge is 0.326 e. The molecule has 0 unspecified atom stereocenters. The molecule has 4 nitrogen and oxygen atoms in total. The first-order chi connectivity index (χ1) is 12.9. The van der Waals surface area contributed by atoms with E-state index in [4.69, 9.17) is 0 Å². The van der Waals surface area contributed by atoms with E-state index >= 15 is 0 Å². The molecule has 0 aliphatic heterocycles. The van der Waals surface area contributed by atoms with E-state index in [1.165, 1.54) is 4.90 Å². The van der Waals surface area contributed by atoms with Crippen molar-refractivity contribution in [1.29, 1.82) is 0 Å². The Bertz CT molecular complexity index is 933. The minimum Gasteiger partial charge on any atom is -0.326 e. The number of anilines is 1. The summed E-state index contributed by atoms with van der Waals surface area (Å²) >= 11 is 5.14. The second kappa shape index (κ2) is 8.76. The number of aryl methyl sites for hydroxylation is 2. The van der Waals surface area contributed by atoms with E-state index in [9.17, 15) is 4.79 Å². The Morgan fingerprint density at radius 3 is 2.22 bits per heavy atom. The fourth-order valence-electron chi connectivity index (χ4n) is 2.89. The van der Waals surface area contributed by atoms with Gasteiger partial charge in [0.1, 0.15) is 0 Å². The molecular formula is C21H22BrN3OS. The summed E-state index contributed by atoms with van der Waals surface area (Å²) in [6.07, 6.45) is 1.15. The SMILES string of the molecule is Cc1nn(C)c(C)c1CCC(=O)Nc1ccc(Sc2ccc(Br)cc2)cc1. The zero-order valence-electron chi connectivity index (χ0n) is 15.6. The van der Waals surface area contributed by atoms with Gasteiger partial charge in [-0.3, -0.25) is 9.48 Å². The summed E-state index contributed by atoms with van der Waals surface area (Å²) in [5, 5.41) is 7.38. The average Bonchev–Trinajstić information content (AvgIpc) is 2.89. The van der Waals surface area contributed by atoms with Crippen molar-refractivity contribution in [3.63, 3.8) is 0 Å². The van der Waals surface area contributed by atoms with Gasteiger partial charge in [-0.15, -0.1) is 0 Å². The van der Waals surface area contributed by atoms with Crippen molar-refractivity contribution in [1.82, 2.24) is 9.78 Å². The van der Waals surface area contributed by atoms with Gasteiger partial charge in [-0.1, -0.05) is 27.7 Å². The normalized spacial score (nSPS) is 10.8. The van der Waals surface area contributed by atoms with Crippen LogP contribution in [0.2, 0.25) is 0 Å². The number of halogens is 1. The Hall–Kier alpha value is -2.05. The molecule has 0 saturated carbocycles. The van der Waals surface area contributed by atoms with E-state index in [2.05, 4.69) is 38.5 Å². The second-order valence-corrected chi connectivity index (χ2v) is 8.46. The number of nitrogens with zero attached hydrogens (tertiary/aromatic N) is 2. The van der Waals surface area contributed by atoms with Crippen LogP contribution in [0.3, 0.4) is 0 Å². The van der Waals surface area contributed by atoms with Crippen LogP contribution in [0.25, 0.3) is 0 Å². The molecule has 3 aromatic rings. The number of nitrogens with one attached hydrogen (secondary N) is 1. The number of carbonyl (C=O) groups is 1. The second-order valence-electron chi connectivity index (χ2n) is 6.40. The van der Waals surface area contributed by atoms with Gasteiger partial charge < -0.3 is 5.32 Å².